The molecule has 1 aromatic carbocycles. The maximum atomic E-state index is 12.5. The van der Waals surface area contributed by atoms with Crippen molar-refractivity contribution in [3.63, 3.8) is 0 Å². The van der Waals surface area contributed by atoms with Gasteiger partial charge in [0.25, 0.3) is 5.91 Å². The first-order valence-electron chi connectivity index (χ1n) is 8.24. The van der Waals surface area contributed by atoms with Crippen LogP contribution < -0.4 is 10.6 Å². The minimum Gasteiger partial charge on any atom is -0.378 e. The molecule has 3 rings (SSSR count). The van der Waals surface area contributed by atoms with E-state index in [1.165, 1.54) is 0 Å². The number of ether oxygens (including phenoxy) is 1. The zero-order chi connectivity index (χ0) is 17.1. The molecule has 2 aliphatic heterocycles. The van der Waals surface area contributed by atoms with Gasteiger partial charge in [-0.25, -0.2) is 0 Å². The van der Waals surface area contributed by atoms with E-state index >= 15 is 0 Å². The van der Waals surface area contributed by atoms with E-state index in [0.717, 1.165) is 13.1 Å². The summed E-state index contributed by atoms with van der Waals surface area (Å²) in [5.41, 5.74) is 1.07. The smallest absolute Gasteiger partial charge is 0.255 e. The summed E-state index contributed by atoms with van der Waals surface area (Å²) in [6, 6.07) is 5.04. The lowest BCUT2D eigenvalue weighted by Gasteiger charge is -2.31. The molecule has 0 bridgehead atoms. The summed E-state index contributed by atoms with van der Waals surface area (Å²) >= 11 is 6.27. The molecule has 24 heavy (non-hydrogen) atoms. The second-order valence-electron chi connectivity index (χ2n) is 6.30. The van der Waals surface area contributed by atoms with E-state index in [9.17, 15) is 9.59 Å². The van der Waals surface area contributed by atoms with Gasteiger partial charge in [-0.1, -0.05) is 18.5 Å². The van der Waals surface area contributed by atoms with Crippen molar-refractivity contribution in [1.82, 2.24) is 10.2 Å². The van der Waals surface area contributed by atoms with Gasteiger partial charge in [0.05, 0.1) is 23.8 Å². The number of anilines is 1. The summed E-state index contributed by atoms with van der Waals surface area (Å²) in [7, 11) is 0. The quantitative estimate of drug-likeness (QED) is 0.864. The average Bonchev–Trinajstić information content (AvgIpc) is 2.53. The van der Waals surface area contributed by atoms with Crippen LogP contribution in [0.5, 0.6) is 0 Å². The predicted octanol–water partition coefficient (Wildman–Crippen LogP) is 1.61. The molecule has 130 valence electrons. The molecule has 0 spiro atoms. The first kappa shape index (κ1) is 17.2. The fraction of sp³-hybridized carbons (Fsp3) is 0.529. The number of carbonyl (C=O) groups excluding carboxylic acids is 2. The van der Waals surface area contributed by atoms with Crippen molar-refractivity contribution in [2.24, 2.45) is 11.8 Å². The molecule has 0 saturated carbocycles. The Balaban J connectivity index is 1.65. The summed E-state index contributed by atoms with van der Waals surface area (Å²) in [4.78, 5) is 26.5. The van der Waals surface area contributed by atoms with E-state index in [2.05, 4.69) is 10.6 Å². The molecule has 2 fully saturated rings. The predicted molar refractivity (Wildman–Crippen MR) is 92.3 cm³/mol. The van der Waals surface area contributed by atoms with Crippen LogP contribution in [0.3, 0.4) is 0 Å². The van der Waals surface area contributed by atoms with Gasteiger partial charge in [-0.05, 0) is 37.2 Å². The van der Waals surface area contributed by atoms with Crippen LogP contribution in [0.25, 0.3) is 0 Å². The van der Waals surface area contributed by atoms with Crippen LogP contribution in [-0.2, 0) is 9.53 Å². The number of hydrogen-bond donors (Lipinski definition) is 2. The summed E-state index contributed by atoms with van der Waals surface area (Å²) in [6.07, 6.45) is 0. The highest BCUT2D eigenvalue weighted by Crippen LogP contribution is 2.24. The van der Waals surface area contributed by atoms with E-state index in [1.807, 2.05) is 6.92 Å². The van der Waals surface area contributed by atoms with Gasteiger partial charge in [0.1, 0.15) is 0 Å². The average molecular weight is 352 g/mol. The first-order valence-corrected chi connectivity index (χ1v) is 8.62. The third-order valence-electron chi connectivity index (χ3n) is 4.70. The molecule has 0 radical (unpaired) electrons. The van der Waals surface area contributed by atoms with Crippen LogP contribution in [0.1, 0.15) is 17.3 Å². The minimum atomic E-state index is -0.102. The fourth-order valence-electron chi connectivity index (χ4n) is 2.84. The molecule has 2 heterocycles. The number of carbonyl (C=O) groups is 2. The van der Waals surface area contributed by atoms with Gasteiger partial charge in [-0.2, -0.15) is 0 Å². The van der Waals surface area contributed by atoms with Crippen LogP contribution in [-0.4, -0.2) is 56.1 Å². The molecule has 2 amide bonds. The maximum Gasteiger partial charge on any atom is 0.255 e. The molecule has 0 aliphatic carbocycles. The Bertz CT molecular complexity index is 628. The zero-order valence-electron chi connectivity index (χ0n) is 13.7. The number of amides is 2. The molecule has 2 N–H and O–H groups in total. The molecule has 7 heteroatoms. The van der Waals surface area contributed by atoms with Gasteiger partial charge in [0, 0.05) is 24.7 Å². The van der Waals surface area contributed by atoms with Crippen molar-refractivity contribution in [3.8, 4) is 0 Å². The second-order valence-corrected chi connectivity index (χ2v) is 6.70. The monoisotopic (exact) mass is 351 g/mol. The molecule has 1 unspecified atom stereocenters. The number of hydrogen-bond acceptors (Lipinski definition) is 4. The van der Waals surface area contributed by atoms with Crippen LogP contribution in [0.15, 0.2) is 18.2 Å². The molecule has 0 aromatic heterocycles. The van der Waals surface area contributed by atoms with E-state index in [0.29, 0.717) is 48.5 Å². The van der Waals surface area contributed by atoms with Gasteiger partial charge in [0.2, 0.25) is 5.91 Å². The van der Waals surface area contributed by atoms with E-state index < -0.39 is 0 Å². The van der Waals surface area contributed by atoms with E-state index in [1.54, 1.807) is 23.1 Å². The highest BCUT2D eigenvalue weighted by Gasteiger charge is 2.29. The molecule has 2 saturated heterocycles. The highest BCUT2D eigenvalue weighted by molar-refractivity contribution is 6.34. The van der Waals surface area contributed by atoms with Gasteiger partial charge >= 0.3 is 0 Å². The highest BCUT2D eigenvalue weighted by atomic mass is 35.5. The van der Waals surface area contributed by atoms with Crippen LogP contribution in [0.4, 0.5) is 5.69 Å². The van der Waals surface area contributed by atoms with Crippen molar-refractivity contribution in [3.05, 3.63) is 28.8 Å². The van der Waals surface area contributed by atoms with Crippen LogP contribution in [0.2, 0.25) is 5.02 Å². The van der Waals surface area contributed by atoms with E-state index in [-0.39, 0.29) is 17.7 Å². The zero-order valence-corrected chi connectivity index (χ0v) is 14.4. The summed E-state index contributed by atoms with van der Waals surface area (Å²) < 4.78 is 5.26. The molecule has 2 aliphatic rings. The van der Waals surface area contributed by atoms with Crippen molar-refractivity contribution in [2.75, 3.05) is 44.7 Å². The molecular formula is C17H22ClN3O3. The maximum absolute atomic E-state index is 12.5. The van der Waals surface area contributed by atoms with Gasteiger partial charge in [0.15, 0.2) is 0 Å². The summed E-state index contributed by atoms with van der Waals surface area (Å²) in [5, 5.41) is 6.40. The molecule has 6 nitrogen and oxygen atoms in total. The lowest BCUT2D eigenvalue weighted by Crippen LogP contribution is -2.48. The van der Waals surface area contributed by atoms with Crippen LogP contribution >= 0.6 is 11.6 Å². The third-order valence-corrected chi connectivity index (χ3v) is 5.01. The number of nitrogens with one attached hydrogen (secondary N) is 2. The van der Waals surface area contributed by atoms with Crippen molar-refractivity contribution < 1.29 is 14.3 Å². The summed E-state index contributed by atoms with van der Waals surface area (Å²) in [6.45, 7) is 5.92. The lowest BCUT2D eigenvalue weighted by molar-refractivity contribution is -0.121. The Morgan fingerprint density at radius 1 is 1.33 bits per heavy atom. The Labute approximate surface area is 146 Å². The number of morpholine rings is 1. The molecule has 1 aromatic rings. The molecular weight excluding hydrogens is 330 g/mol. The van der Waals surface area contributed by atoms with Crippen molar-refractivity contribution in [1.29, 1.82) is 0 Å². The van der Waals surface area contributed by atoms with Gasteiger partial charge in [-0.15, -0.1) is 0 Å². The van der Waals surface area contributed by atoms with Crippen molar-refractivity contribution in [2.45, 2.75) is 6.92 Å². The topological polar surface area (TPSA) is 70.7 Å². The van der Waals surface area contributed by atoms with Gasteiger partial charge in [-0.3, -0.25) is 9.59 Å². The number of rotatable bonds is 4. The standard InChI is InChI=1S/C17H22ClN3O3/c1-11(12-9-19-10-12)16(22)20-13-2-3-14(15(18)8-13)17(23)21-4-6-24-7-5-21/h2-3,8,11-12,19H,4-7,9-10H2,1H3,(H,20,22). The fourth-order valence-corrected chi connectivity index (χ4v) is 3.10. The summed E-state index contributed by atoms with van der Waals surface area (Å²) in [5.74, 6) is 0.197. The normalized spacial score (nSPS) is 19.5. The van der Waals surface area contributed by atoms with E-state index in [4.69, 9.17) is 16.3 Å². The first-order chi connectivity index (χ1) is 11.6. The number of nitrogens with zero attached hydrogens (tertiary/aromatic N) is 1. The Morgan fingerprint density at radius 2 is 2.04 bits per heavy atom. The third kappa shape index (κ3) is 3.71. The number of halogens is 1. The van der Waals surface area contributed by atoms with Crippen LogP contribution in [0, 0.1) is 11.8 Å². The van der Waals surface area contributed by atoms with Gasteiger partial charge < -0.3 is 20.3 Å². The SMILES string of the molecule is CC(C(=O)Nc1ccc(C(=O)N2CCOCC2)c(Cl)c1)C1CNC1. The minimum absolute atomic E-state index is 0.0233. The van der Waals surface area contributed by atoms with Crippen molar-refractivity contribution >= 4 is 29.1 Å². The Hall–Kier alpha value is -1.63. The molecule has 1 atom stereocenters. The Morgan fingerprint density at radius 3 is 2.62 bits per heavy atom. The Kier molecular flexibility index (Phi) is 5.38. The largest absolute Gasteiger partial charge is 0.378 e. The number of benzene rings is 1. The lowest BCUT2D eigenvalue weighted by atomic mass is 9.88. The second kappa shape index (κ2) is 7.51.